The molecule has 2 fully saturated rings. The van der Waals surface area contributed by atoms with Crippen LogP contribution in [0.15, 0.2) is 24.3 Å². The van der Waals surface area contributed by atoms with Crippen molar-refractivity contribution in [2.75, 3.05) is 6.61 Å². The lowest BCUT2D eigenvalue weighted by Gasteiger charge is -2.24. The van der Waals surface area contributed by atoms with Gasteiger partial charge in [-0.2, -0.15) is 0 Å². The molecule has 0 spiro atoms. The largest absolute Gasteiger partial charge is 0.493 e. The molecule has 0 saturated carbocycles. The Bertz CT molecular complexity index is 625. The molecule has 128 valence electrons. The Morgan fingerprint density at radius 2 is 2.17 bits per heavy atom. The first-order chi connectivity index (χ1) is 11.6. The Morgan fingerprint density at radius 1 is 1.33 bits per heavy atom. The highest BCUT2D eigenvalue weighted by Crippen LogP contribution is 2.39. The van der Waals surface area contributed by atoms with Gasteiger partial charge in [0.15, 0.2) is 0 Å². The van der Waals surface area contributed by atoms with Crippen molar-refractivity contribution in [2.45, 2.75) is 49.8 Å². The van der Waals surface area contributed by atoms with Crippen LogP contribution >= 0.6 is 0 Å². The van der Waals surface area contributed by atoms with Crippen LogP contribution in [0.3, 0.4) is 0 Å². The van der Waals surface area contributed by atoms with Gasteiger partial charge < -0.3 is 24.8 Å². The number of carbonyl (C=O) groups is 1. The molecule has 1 amide bonds. The maximum atomic E-state index is 12.5. The Morgan fingerprint density at radius 3 is 2.88 bits per heavy atom. The van der Waals surface area contributed by atoms with E-state index in [4.69, 9.17) is 9.47 Å². The lowest BCUT2D eigenvalue weighted by molar-refractivity contribution is -0.127. The number of fused-ring (bicyclic) bond motifs is 3. The first kappa shape index (κ1) is 15.9. The minimum atomic E-state index is -1.60. The van der Waals surface area contributed by atoms with Crippen LogP contribution in [0, 0.1) is 5.92 Å². The molecule has 2 bridgehead atoms. The van der Waals surface area contributed by atoms with Gasteiger partial charge in [-0.05, 0) is 31.7 Å². The van der Waals surface area contributed by atoms with Crippen molar-refractivity contribution < 1.29 is 24.3 Å². The number of rotatable bonds is 5. The molecular weight excluding hydrogens is 309 g/mol. The quantitative estimate of drug-likeness (QED) is 0.689. The predicted octanol–water partition coefficient (Wildman–Crippen LogP) is 0.617. The van der Waals surface area contributed by atoms with Crippen molar-refractivity contribution in [1.29, 1.82) is 0 Å². The van der Waals surface area contributed by atoms with E-state index >= 15 is 0 Å². The SMILES string of the molecule is O=C(NC(C[C@@H]1COc2ccccc21)B(O)O)[C@@H]1C[C@H]2CC[C@@H]1O2. The normalized spacial score (nSPS) is 31.4. The molecule has 3 heterocycles. The number of amides is 1. The van der Waals surface area contributed by atoms with E-state index in [0.717, 1.165) is 30.6 Å². The summed E-state index contributed by atoms with van der Waals surface area (Å²) in [5.41, 5.74) is 1.06. The third-order valence-electron chi connectivity index (χ3n) is 5.47. The summed E-state index contributed by atoms with van der Waals surface area (Å²) in [5, 5.41) is 22.3. The van der Waals surface area contributed by atoms with Gasteiger partial charge in [-0.1, -0.05) is 18.2 Å². The second kappa shape index (κ2) is 6.39. The molecule has 6 nitrogen and oxygen atoms in total. The van der Waals surface area contributed by atoms with E-state index in [-0.39, 0.29) is 30.0 Å². The van der Waals surface area contributed by atoms with Gasteiger partial charge in [-0.25, -0.2) is 0 Å². The molecule has 0 radical (unpaired) electrons. The Labute approximate surface area is 141 Å². The number of carbonyl (C=O) groups excluding carboxylic acids is 1. The molecule has 5 atom stereocenters. The molecule has 3 aliphatic heterocycles. The van der Waals surface area contributed by atoms with Crippen LogP contribution in [0.25, 0.3) is 0 Å². The highest BCUT2D eigenvalue weighted by molar-refractivity contribution is 6.43. The number of ether oxygens (including phenoxy) is 2. The molecule has 0 aromatic heterocycles. The summed E-state index contributed by atoms with van der Waals surface area (Å²) in [4.78, 5) is 12.5. The Kier molecular flexibility index (Phi) is 4.24. The lowest BCUT2D eigenvalue weighted by Crippen LogP contribution is -2.50. The van der Waals surface area contributed by atoms with Crippen LogP contribution in [0.4, 0.5) is 0 Å². The summed E-state index contributed by atoms with van der Waals surface area (Å²) in [6.45, 7) is 0.496. The van der Waals surface area contributed by atoms with E-state index < -0.39 is 13.1 Å². The van der Waals surface area contributed by atoms with Gasteiger partial charge in [0.1, 0.15) is 5.75 Å². The Hall–Kier alpha value is -1.57. The minimum Gasteiger partial charge on any atom is -0.493 e. The van der Waals surface area contributed by atoms with Crippen LogP contribution in [0.1, 0.15) is 37.2 Å². The topological polar surface area (TPSA) is 88.0 Å². The first-order valence-corrected chi connectivity index (χ1v) is 8.65. The van der Waals surface area contributed by atoms with Gasteiger partial charge >= 0.3 is 7.12 Å². The van der Waals surface area contributed by atoms with Crippen LogP contribution in [0.2, 0.25) is 0 Å². The highest BCUT2D eigenvalue weighted by Gasteiger charge is 2.45. The number of nitrogens with one attached hydrogen (secondary N) is 1. The van der Waals surface area contributed by atoms with Gasteiger partial charge in [0.05, 0.1) is 30.7 Å². The van der Waals surface area contributed by atoms with E-state index in [0.29, 0.717) is 13.0 Å². The zero-order chi connectivity index (χ0) is 16.7. The van der Waals surface area contributed by atoms with Crippen molar-refractivity contribution >= 4 is 13.0 Å². The van der Waals surface area contributed by atoms with Crippen LogP contribution in [-0.2, 0) is 9.53 Å². The molecule has 0 aliphatic carbocycles. The number of para-hydroxylation sites is 1. The zero-order valence-corrected chi connectivity index (χ0v) is 13.4. The summed E-state index contributed by atoms with van der Waals surface area (Å²) in [7, 11) is -1.60. The zero-order valence-electron chi connectivity index (χ0n) is 13.4. The molecular formula is C17H22BNO5. The monoisotopic (exact) mass is 331 g/mol. The predicted molar refractivity (Wildman–Crippen MR) is 87.4 cm³/mol. The Balaban J connectivity index is 1.41. The molecule has 1 aromatic rings. The minimum absolute atomic E-state index is 0.0120. The van der Waals surface area contributed by atoms with Gasteiger partial charge in [-0.3, -0.25) is 4.79 Å². The molecule has 24 heavy (non-hydrogen) atoms. The van der Waals surface area contributed by atoms with Crippen molar-refractivity contribution in [3.63, 3.8) is 0 Å². The fourth-order valence-corrected chi connectivity index (χ4v) is 4.19. The fourth-order valence-electron chi connectivity index (χ4n) is 4.19. The molecule has 2 saturated heterocycles. The van der Waals surface area contributed by atoms with Crippen molar-refractivity contribution in [3.05, 3.63) is 29.8 Å². The summed E-state index contributed by atoms with van der Waals surface area (Å²) in [5.74, 6) is -0.132. The smallest absolute Gasteiger partial charge is 0.475 e. The molecule has 4 rings (SSSR count). The summed E-state index contributed by atoms with van der Waals surface area (Å²) in [6.07, 6.45) is 3.29. The highest BCUT2D eigenvalue weighted by atomic mass is 16.5. The van der Waals surface area contributed by atoms with Gasteiger partial charge in [0.2, 0.25) is 5.91 Å². The van der Waals surface area contributed by atoms with E-state index in [1.54, 1.807) is 0 Å². The van der Waals surface area contributed by atoms with Crippen molar-refractivity contribution in [2.24, 2.45) is 5.92 Å². The van der Waals surface area contributed by atoms with Crippen LogP contribution in [-0.4, -0.2) is 47.8 Å². The molecule has 1 aromatic carbocycles. The van der Waals surface area contributed by atoms with Gasteiger partial charge in [0, 0.05) is 11.5 Å². The van der Waals surface area contributed by atoms with E-state index in [2.05, 4.69) is 5.32 Å². The lowest BCUT2D eigenvalue weighted by atomic mass is 9.73. The maximum absolute atomic E-state index is 12.5. The number of benzene rings is 1. The molecule has 1 unspecified atom stereocenters. The number of hydrogen-bond acceptors (Lipinski definition) is 5. The average molecular weight is 331 g/mol. The molecule has 7 heteroatoms. The van der Waals surface area contributed by atoms with E-state index in [9.17, 15) is 14.8 Å². The van der Waals surface area contributed by atoms with Crippen molar-refractivity contribution in [3.8, 4) is 5.75 Å². The first-order valence-electron chi connectivity index (χ1n) is 8.65. The summed E-state index contributed by atoms with van der Waals surface area (Å²) in [6, 6.07) is 7.75. The van der Waals surface area contributed by atoms with Gasteiger partial charge in [0.25, 0.3) is 0 Å². The summed E-state index contributed by atoms with van der Waals surface area (Å²) >= 11 is 0. The fraction of sp³-hybridized carbons (Fsp3) is 0.588. The third kappa shape index (κ3) is 2.92. The standard InChI is InChI=1S/C17H22BNO5/c20-17(13-8-11-5-6-15(13)24-11)19-16(18(21)22)7-10-9-23-14-4-2-1-3-12(10)14/h1-4,10-11,13,15-16,21-22H,5-9H2,(H,19,20)/t10-,11-,13-,15+,16?/m1/s1. The molecule has 3 N–H and O–H groups in total. The van der Waals surface area contributed by atoms with E-state index in [1.807, 2.05) is 24.3 Å². The third-order valence-corrected chi connectivity index (χ3v) is 5.47. The van der Waals surface area contributed by atoms with Crippen LogP contribution in [0.5, 0.6) is 5.75 Å². The van der Waals surface area contributed by atoms with Crippen LogP contribution < -0.4 is 10.1 Å². The van der Waals surface area contributed by atoms with Gasteiger partial charge in [-0.15, -0.1) is 0 Å². The van der Waals surface area contributed by atoms with Crippen molar-refractivity contribution in [1.82, 2.24) is 5.32 Å². The molecule has 3 aliphatic rings. The van der Waals surface area contributed by atoms with E-state index in [1.165, 1.54) is 0 Å². The second-order valence-corrected chi connectivity index (χ2v) is 7.03. The number of hydrogen-bond donors (Lipinski definition) is 3. The average Bonchev–Trinajstić information content (AvgIpc) is 3.29. The summed E-state index contributed by atoms with van der Waals surface area (Å²) < 4.78 is 11.4. The maximum Gasteiger partial charge on any atom is 0.475 e. The second-order valence-electron chi connectivity index (χ2n) is 7.03.